The van der Waals surface area contributed by atoms with Gasteiger partial charge in [0.05, 0.1) is 5.60 Å². The van der Waals surface area contributed by atoms with Gasteiger partial charge in [-0.2, -0.15) is 0 Å². The largest absolute Gasteiger partial charge is 0.389 e. The molecule has 1 rings (SSSR count). The molecule has 0 spiro atoms. The fraction of sp³-hybridized carbons (Fsp3) is 0.933. The summed E-state index contributed by atoms with van der Waals surface area (Å²) >= 11 is 0. The maximum atomic E-state index is 12.5. The summed E-state index contributed by atoms with van der Waals surface area (Å²) in [4.78, 5) is 14.2. The average molecular weight is 271 g/mol. The Morgan fingerprint density at radius 3 is 2.26 bits per heavy atom. The highest BCUT2D eigenvalue weighted by molar-refractivity contribution is 5.81. The molecule has 0 aliphatic carbocycles. The van der Waals surface area contributed by atoms with E-state index in [2.05, 4.69) is 0 Å². The van der Waals surface area contributed by atoms with Gasteiger partial charge in [0.2, 0.25) is 5.91 Å². The summed E-state index contributed by atoms with van der Waals surface area (Å²) in [5.74, 6) is 0.685. The first-order chi connectivity index (χ1) is 8.62. The van der Waals surface area contributed by atoms with E-state index in [0.29, 0.717) is 12.5 Å². The molecule has 0 unspecified atom stereocenters. The van der Waals surface area contributed by atoms with Crippen molar-refractivity contribution in [1.29, 1.82) is 0 Å². The van der Waals surface area contributed by atoms with Crippen molar-refractivity contribution in [3.63, 3.8) is 0 Å². The van der Waals surface area contributed by atoms with Crippen molar-refractivity contribution in [3.05, 3.63) is 0 Å². The number of hydrogen-bond acceptors (Lipinski definition) is 3. The van der Waals surface area contributed by atoms with Crippen LogP contribution < -0.4 is 0 Å². The first-order valence-corrected chi connectivity index (χ1v) is 7.17. The molecule has 0 aromatic carbocycles. The van der Waals surface area contributed by atoms with Crippen molar-refractivity contribution in [2.45, 2.75) is 52.6 Å². The van der Waals surface area contributed by atoms with Crippen LogP contribution in [0.3, 0.4) is 0 Å². The van der Waals surface area contributed by atoms with Gasteiger partial charge in [0.1, 0.15) is 0 Å². The summed E-state index contributed by atoms with van der Waals surface area (Å²) in [5, 5.41) is 9.81. The number of likely N-dealkylation sites (N-methyl/N-ethyl adjacent to an activating group) is 1. The quantitative estimate of drug-likeness (QED) is 0.832. The second kappa shape index (κ2) is 6.23. The van der Waals surface area contributed by atoms with E-state index in [1.165, 1.54) is 0 Å². The average Bonchev–Trinajstić information content (AvgIpc) is 2.26. The third-order valence-corrected chi connectivity index (χ3v) is 3.69. The first-order valence-electron chi connectivity index (χ1n) is 7.17. The van der Waals surface area contributed by atoms with Crippen molar-refractivity contribution in [2.24, 2.45) is 11.3 Å². The van der Waals surface area contributed by atoms with Crippen LogP contribution in [0.5, 0.6) is 0 Å². The van der Waals surface area contributed by atoms with E-state index in [0.717, 1.165) is 32.5 Å². The molecular weight excluding hydrogens is 242 g/mol. The zero-order valence-electron chi connectivity index (χ0n) is 13.0. The van der Waals surface area contributed by atoms with Crippen molar-refractivity contribution in [3.8, 4) is 0 Å². The van der Waals surface area contributed by atoms with Gasteiger partial charge in [-0.15, -0.1) is 0 Å². The van der Waals surface area contributed by atoms with E-state index in [9.17, 15) is 9.90 Å². The fourth-order valence-corrected chi connectivity index (χ4v) is 2.93. The lowest BCUT2D eigenvalue weighted by Gasteiger charge is -2.35. The molecule has 1 heterocycles. The van der Waals surface area contributed by atoms with Crippen molar-refractivity contribution in [1.82, 2.24) is 4.90 Å². The van der Waals surface area contributed by atoms with E-state index < -0.39 is 5.60 Å². The molecule has 1 aliphatic rings. The minimum absolute atomic E-state index is 0.112. The third-order valence-electron chi connectivity index (χ3n) is 3.69. The van der Waals surface area contributed by atoms with Gasteiger partial charge in [-0.05, 0) is 39.0 Å². The minimum Gasteiger partial charge on any atom is -0.389 e. The highest BCUT2D eigenvalue weighted by Gasteiger charge is 2.34. The number of amides is 1. The van der Waals surface area contributed by atoms with Crippen LogP contribution in [0.15, 0.2) is 0 Å². The fourth-order valence-electron chi connectivity index (χ4n) is 2.93. The van der Waals surface area contributed by atoms with Gasteiger partial charge in [-0.25, -0.2) is 0 Å². The van der Waals surface area contributed by atoms with Gasteiger partial charge in [-0.3, -0.25) is 4.79 Å². The first kappa shape index (κ1) is 16.4. The summed E-state index contributed by atoms with van der Waals surface area (Å²) in [6.07, 6.45) is 2.99. The molecule has 0 radical (unpaired) electrons. The standard InChI is InChI=1S/C15H29NO3/c1-14(2,10-12-6-8-19-9-7-12)13(17)16(5)11-15(3,4)18/h12,18H,6-11H2,1-5H3. The Kier molecular flexibility index (Phi) is 5.39. The smallest absolute Gasteiger partial charge is 0.228 e. The van der Waals surface area contributed by atoms with Crippen LogP contribution in [0.2, 0.25) is 0 Å². The molecule has 19 heavy (non-hydrogen) atoms. The lowest BCUT2D eigenvalue weighted by atomic mass is 9.78. The van der Waals surface area contributed by atoms with E-state index in [1.54, 1.807) is 25.8 Å². The van der Waals surface area contributed by atoms with Crippen LogP contribution in [0.4, 0.5) is 0 Å². The molecule has 0 atom stereocenters. The summed E-state index contributed by atoms with van der Waals surface area (Å²) in [6.45, 7) is 9.45. The van der Waals surface area contributed by atoms with E-state index in [-0.39, 0.29) is 11.3 Å². The van der Waals surface area contributed by atoms with Crippen LogP contribution in [0.25, 0.3) is 0 Å². The number of carbonyl (C=O) groups is 1. The van der Waals surface area contributed by atoms with Crippen LogP contribution in [0, 0.1) is 11.3 Å². The van der Waals surface area contributed by atoms with Gasteiger partial charge >= 0.3 is 0 Å². The van der Waals surface area contributed by atoms with Crippen molar-refractivity contribution < 1.29 is 14.6 Å². The Balaban J connectivity index is 2.56. The Hall–Kier alpha value is -0.610. The summed E-state index contributed by atoms with van der Waals surface area (Å²) < 4.78 is 5.36. The molecule has 0 saturated carbocycles. The molecule has 112 valence electrons. The van der Waals surface area contributed by atoms with Gasteiger partial charge in [0, 0.05) is 32.2 Å². The number of hydrogen-bond donors (Lipinski definition) is 1. The van der Waals surface area contributed by atoms with Crippen molar-refractivity contribution in [2.75, 3.05) is 26.8 Å². The maximum Gasteiger partial charge on any atom is 0.228 e. The number of aliphatic hydroxyl groups is 1. The topological polar surface area (TPSA) is 49.8 Å². The predicted octanol–water partition coefficient (Wildman–Crippen LogP) is 2.06. The predicted molar refractivity (Wildman–Crippen MR) is 75.9 cm³/mol. The number of carbonyl (C=O) groups excluding carboxylic acids is 1. The Labute approximate surface area is 117 Å². The maximum absolute atomic E-state index is 12.5. The van der Waals surface area contributed by atoms with Gasteiger partial charge in [0.15, 0.2) is 0 Å². The van der Waals surface area contributed by atoms with Crippen LogP contribution >= 0.6 is 0 Å². The lowest BCUT2D eigenvalue weighted by molar-refractivity contribution is -0.143. The van der Waals surface area contributed by atoms with Gasteiger partial charge < -0.3 is 14.7 Å². The highest BCUT2D eigenvalue weighted by Crippen LogP contribution is 2.32. The van der Waals surface area contributed by atoms with E-state index in [1.807, 2.05) is 13.8 Å². The van der Waals surface area contributed by atoms with Gasteiger partial charge in [0.25, 0.3) is 0 Å². The molecule has 1 saturated heterocycles. The van der Waals surface area contributed by atoms with E-state index in [4.69, 9.17) is 4.74 Å². The van der Waals surface area contributed by atoms with Crippen LogP contribution in [0.1, 0.15) is 47.0 Å². The normalized spacial score (nSPS) is 18.4. The molecule has 1 aliphatic heterocycles. The molecule has 4 heteroatoms. The second-order valence-corrected chi connectivity index (χ2v) is 7.12. The zero-order valence-corrected chi connectivity index (χ0v) is 13.0. The molecule has 0 aromatic rings. The zero-order chi connectivity index (χ0) is 14.7. The van der Waals surface area contributed by atoms with Crippen molar-refractivity contribution >= 4 is 5.91 Å². The Bertz CT molecular complexity index is 301. The highest BCUT2D eigenvalue weighted by atomic mass is 16.5. The Morgan fingerprint density at radius 2 is 1.79 bits per heavy atom. The van der Waals surface area contributed by atoms with Gasteiger partial charge in [-0.1, -0.05) is 13.8 Å². The molecule has 0 bridgehead atoms. The number of rotatable bonds is 5. The molecule has 0 aromatic heterocycles. The molecule has 1 fully saturated rings. The Morgan fingerprint density at radius 1 is 1.26 bits per heavy atom. The SMILES string of the molecule is CN(CC(C)(C)O)C(=O)C(C)(C)CC1CCOCC1. The summed E-state index contributed by atoms with van der Waals surface area (Å²) in [5.41, 5.74) is -1.22. The van der Waals surface area contributed by atoms with E-state index >= 15 is 0 Å². The summed E-state index contributed by atoms with van der Waals surface area (Å²) in [7, 11) is 1.77. The monoisotopic (exact) mass is 271 g/mol. The molecule has 4 nitrogen and oxygen atoms in total. The molecule has 1 N–H and O–H groups in total. The molecular formula is C15H29NO3. The molecule has 1 amide bonds. The number of nitrogens with zero attached hydrogens (tertiary/aromatic N) is 1. The summed E-state index contributed by atoms with van der Waals surface area (Å²) in [6, 6.07) is 0. The number of ether oxygens (including phenoxy) is 1. The third kappa shape index (κ3) is 5.49. The minimum atomic E-state index is -0.848. The van der Waals surface area contributed by atoms with Crippen LogP contribution in [-0.2, 0) is 9.53 Å². The van der Waals surface area contributed by atoms with Crippen LogP contribution in [-0.4, -0.2) is 48.3 Å². The lowest BCUT2D eigenvalue weighted by Crippen LogP contribution is -2.46. The second-order valence-electron chi connectivity index (χ2n) is 7.12.